The average molecular weight is 282 g/mol. The first-order valence-corrected chi connectivity index (χ1v) is 7.66. The minimum Gasteiger partial charge on any atom is -0.326 e. The van der Waals surface area contributed by atoms with Crippen molar-refractivity contribution in [2.24, 2.45) is 5.73 Å². The highest BCUT2D eigenvalue weighted by Gasteiger charge is 2.12. The van der Waals surface area contributed by atoms with Crippen LogP contribution in [0.1, 0.15) is 36.1 Å². The normalized spacial score (nSPS) is 11.3. The van der Waals surface area contributed by atoms with Crippen LogP contribution in [0.3, 0.4) is 0 Å². The minimum atomic E-state index is 0.513. The summed E-state index contributed by atoms with van der Waals surface area (Å²) in [6.45, 7) is 9.26. The molecule has 2 rings (SSSR count). The first-order chi connectivity index (χ1) is 10.1. The standard InChI is InChI=1S/C19H26N2/c1-15(2)21(13-17-7-5-4-6-8-17)14-19-10-9-18(12-20)11-16(19)3/h4-11,15H,12-14,20H2,1-3H3. The lowest BCUT2D eigenvalue weighted by atomic mass is 10.0. The molecule has 2 N–H and O–H groups in total. The summed E-state index contributed by atoms with van der Waals surface area (Å²) in [5, 5.41) is 0. The largest absolute Gasteiger partial charge is 0.326 e. The van der Waals surface area contributed by atoms with Crippen molar-refractivity contribution in [3.8, 4) is 0 Å². The van der Waals surface area contributed by atoms with Crippen molar-refractivity contribution in [2.45, 2.75) is 46.4 Å². The van der Waals surface area contributed by atoms with Gasteiger partial charge in [0.15, 0.2) is 0 Å². The smallest absolute Gasteiger partial charge is 0.0242 e. The Morgan fingerprint density at radius 1 is 0.952 bits per heavy atom. The van der Waals surface area contributed by atoms with Crippen molar-refractivity contribution in [3.63, 3.8) is 0 Å². The first-order valence-electron chi connectivity index (χ1n) is 7.66. The van der Waals surface area contributed by atoms with Crippen LogP contribution in [0.25, 0.3) is 0 Å². The number of nitrogens with two attached hydrogens (primary N) is 1. The molecule has 0 aromatic heterocycles. The minimum absolute atomic E-state index is 0.513. The first kappa shape index (κ1) is 15.7. The van der Waals surface area contributed by atoms with Gasteiger partial charge in [0.05, 0.1) is 0 Å². The summed E-state index contributed by atoms with van der Waals surface area (Å²) in [7, 11) is 0. The Bertz CT molecular complexity index is 561. The third kappa shape index (κ3) is 4.42. The van der Waals surface area contributed by atoms with Crippen molar-refractivity contribution < 1.29 is 0 Å². The molecule has 0 saturated carbocycles. The van der Waals surface area contributed by atoms with Gasteiger partial charge in [-0.2, -0.15) is 0 Å². The maximum absolute atomic E-state index is 5.71. The van der Waals surface area contributed by atoms with E-state index >= 15 is 0 Å². The zero-order chi connectivity index (χ0) is 15.2. The zero-order valence-corrected chi connectivity index (χ0v) is 13.3. The molecule has 0 atom stereocenters. The molecule has 0 spiro atoms. The van der Waals surface area contributed by atoms with Crippen LogP contribution in [0.2, 0.25) is 0 Å². The fourth-order valence-electron chi connectivity index (χ4n) is 2.52. The number of rotatable bonds is 6. The monoisotopic (exact) mass is 282 g/mol. The summed E-state index contributed by atoms with van der Waals surface area (Å²) in [6, 6.07) is 17.7. The summed E-state index contributed by atoms with van der Waals surface area (Å²) in [5.74, 6) is 0. The van der Waals surface area contributed by atoms with Crippen LogP contribution in [0.5, 0.6) is 0 Å². The van der Waals surface area contributed by atoms with Crippen molar-refractivity contribution in [3.05, 3.63) is 70.8 Å². The molecule has 2 heteroatoms. The van der Waals surface area contributed by atoms with Gasteiger partial charge in [0.2, 0.25) is 0 Å². The SMILES string of the molecule is Cc1cc(CN)ccc1CN(Cc1ccccc1)C(C)C. The van der Waals surface area contributed by atoms with Crippen molar-refractivity contribution in [1.82, 2.24) is 4.90 Å². The highest BCUT2D eigenvalue weighted by Crippen LogP contribution is 2.17. The van der Waals surface area contributed by atoms with E-state index in [1.54, 1.807) is 0 Å². The van der Waals surface area contributed by atoms with Gasteiger partial charge in [0.1, 0.15) is 0 Å². The van der Waals surface area contributed by atoms with Crippen LogP contribution in [-0.2, 0) is 19.6 Å². The van der Waals surface area contributed by atoms with Gasteiger partial charge in [-0.1, -0.05) is 48.5 Å². The van der Waals surface area contributed by atoms with E-state index in [1.165, 1.54) is 22.3 Å². The van der Waals surface area contributed by atoms with Crippen molar-refractivity contribution in [1.29, 1.82) is 0 Å². The highest BCUT2D eigenvalue weighted by molar-refractivity contribution is 5.31. The quantitative estimate of drug-likeness (QED) is 0.871. The van der Waals surface area contributed by atoms with Gasteiger partial charge in [-0.15, -0.1) is 0 Å². The Labute approximate surface area is 128 Å². The van der Waals surface area contributed by atoms with Gasteiger partial charge < -0.3 is 5.73 Å². The molecule has 0 aliphatic carbocycles. The number of hydrogen-bond donors (Lipinski definition) is 1. The molecule has 21 heavy (non-hydrogen) atoms. The van der Waals surface area contributed by atoms with E-state index in [9.17, 15) is 0 Å². The second-order valence-electron chi connectivity index (χ2n) is 5.95. The van der Waals surface area contributed by atoms with E-state index in [0.717, 1.165) is 13.1 Å². The molecule has 2 aromatic rings. The third-order valence-electron chi connectivity index (χ3n) is 3.97. The predicted molar refractivity (Wildman–Crippen MR) is 89.9 cm³/mol. The van der Waals surface area contributed by atoms with Gasteiger partial charge in [0.25, 0.3) is 0 Å². The van der Waals surface area contributed by atoms with Crippen LogP contribution in [0.4, 0.5) is 0 Å². The average Bonchev–Trinajstić information content (AvgIpc) is 2.49. The molecule has 0 amide bonds. The Morgan fingerprint density at radius 2 is 1.67 bits per heavy atom. The van der Waals surface area contributed by atoms with Gasteiger partial charge in [0, 0.05) is 25.7 Å². The van der Waals surface area contributed by atoms with Crippen LogP contribution in [0, 0.1) is 6.92 Å². The molecule has 0 aliphatic heterocycles. The molecule has 2 aromatic carbocycles. The molecular formula is C19H26N2. The van der Waals surface area contributed by atoms with Crippen LogP contribution in [0.15, 0.2) is 48.5 Å². The van der Waals surface area contributed by atoms with E-state index in [4.69, 9.17) is 5.73 Å². The second-order valence-corrected chi connectivity index (χ2v) is 5.95. The summed E-state index contributed by atoms with van der Waals surface area (Å²) in [6.07, 6.45) is 0. The molecule has 0 radical (unpaired) electrons. The van der Waals surface area contributed by atoms with Crippen LogP contribution < -0.4 is 5.73 Å². The highest BCUT2D eigenvalue weighted by atomic mass is 15.1. The topological polar surface area (TPSA) is 29.3 Å². The molecule has 0 bridgehead atoms. The molecule has 0 heterocycles. The van der Waals surface area contributed by atoms with Crippen molar-refractivity contribution in [2.75, 3.05) is 0 Å². The van der Waals surface area contributed by atoms with Gasteiger partial charge in [-0.3, -0.25) is 4.90 Å². The fraction of sp³-hybridized carbons (Fsp3) is 0.368. The van der Waals surface area contributed by atoms with Crippen LogP contribution in [-0.4, -0.2) is 10.9 Å². The number of aryl methyl sites for hydroxylation is 1. The van der Waals surface area contributed by atoms with Crippen molar-refractivity contribution >= 4 is 0 Å². The molecule has 0 aliphatic rings. The zero-order valence-electron chi connectivity index (χ0n) is 13.3. The van der Waals surface area contributed by atoms with E-state index in [2.05, 4.69) is 74.2 Å². The third-order valence-corrected chi connectivity index (χ3v) is 3.97. The molecular weight excluding hydrogens is 256 g/mol. The molecule has 0 saturated heterocycles. The molecule has 112 valence electrons. The summed E-state index contributed by atoms with van der Waals surface area (Å²) in [4.78, 5) is 2.50. The van der Waals surface area contributed by atoms with E-state index in [1.807, 2.05) is 0 Å². The Kier molecular flexibility index (Phi) is 5.54. The lowest BCUT2D eigenvalue weighted by Crippen LogP contribution is -2.30. The number of benzene rings is 2. The molecule has 0 unspecified atom stereocenters. The predicted octanol–water partition coefficient (Wildman–Crippen LogP) is 3.86. The lowest BCUT2D eigenvalue weighted by Gasteiger charge is -2.27. The maximum atomic E-state index is 5.71. The Hall–Kier alpha value is -1.64. The number of nitrogens with zero attached hydrogens (tertiary/aromatic N) is 1. The van der Waals surface area contributed by atoms with E-state index in [0.29, 0.717) is 12.6 Å². The second kappa shape index (κ2) is 7.39. The molecule has 2 nitrogen and oxygen atoms in total. The lowest BCUT2D eigenvalue weighted by molar-refractivity contribution is 0.203. The Morgan fingerprint density at radius 3 is 2.24 bits per heavy atom. The number of hydrogen-bond acceptors (Lipinski definition) is 2. The summed E-state index contributed by atoms with van der Waals surface area (Å²) < 4.78 is 0. The van der Waals surface area contributed by atoms with E-state index in [-0.39, 0.29) is 0 Å². The van der Waals surface area contributed by atoms with Gasteiger partial charge >= 0.3 is 0 Å². The molecule has 0 fully saturated rings. The van der Waals surface area contributed by atoms with E-state index < -0.39 is 0 Å². The van der Waals surface area contributed by atoms with Gasteiger partial charge in [-0.05, 0) is 43.0 Å². The fourth-order valence-corrected chi connectivity index (χ4v) is 2.52. The van der Waals surface area contributed by atoms with Gasteiger partial charge in [-0.25, -0.2) is 0 Å². The maximum Gasteiger partial charge on any atom is 0.0242 e. The summed E-state index contributed by atoms with van der Waals surface area (Å²) >= 11 is 0. The Balaban J connectivity index is 2.13. The summed E-state index contributed by atoms with van der Waals surface area (Å²) in [5.41, 5.74) is 11.0. The van der Waals surface area contributed by atoms with Crippen LogP contribution >= 0.6 is 0 Å².